The van der Waals surface area contributed by atoms with Crippen LogP contribution in [0.5, 0.6) is 0 Å². The van der Waals surface area contributed by atoms with Gasteiger partial charge in [0.1, 0.15) is 5.82 Å². The van der Waals surface area contributed by atoms with Crippen molar-refractivity contribution in [1.29, 1.82) is 0 Å². The Morgan fingerprint density at radius 1 is 0.438 bits per heavy atom. The number of fused-ring (bicyclic) bond motifs is 3. The Kier molecular flexibility index (Phi) is 5.56. The molecule has 0 radical (unpaired) electrons. The van der Waals surface area contributed by atoms with Crippen molar-refractivity contribution in [3.63, 3.8) is 0 Å². The molecule has 0 saturated carbocycles. The second-order valence-corrected chi connectivity index (χ2v) is 13.1. The average molecular weight is 616 g/mol. The zero-order valence-corrected chi connectivity index (χ0v) is 26.5. The van der Waals surface area contributed by atoms with E-state index in [1.165, 1.54) is 38.9 Å². The van der Waals surface area contributed by atoms with E-state index in [0.29, 0.717) is 17.5 Å². The maximum atomic E-state index is 5.31. The molecule has 10 rings (SSSR count). The maximum Gasteiger partial charge on any atom is 0.164 e. The fraction of sp³-hybridized carbons (Fsp3) is 0.0698. The first kappa shape index (κ1) is 27.0. The molecular weight excluding hydrogens is 587 g/mol. The SMILES string of the molecule is CC1(C)c2cccc3c2-c2c1ccc1nc(-c4ccc(-c5nc(-c6ccccc6)nc(-c6ccccc6)n5)cc4)n(c21)-c1ccccc1-3. The van der Waals surface area contributed by atoms with Crippen molar-refractivity contribution in [3.05, 3.63) is 151 Å². The van der Waals surface area contributed by atoms with Gasteiger partial charge >= 0.3 is 0 Å². The molecule has 1 aliphatic carbocycles. The van der Waals surface area contributed by atoms with Crippen LogP contribution in [-0.2, 0) is 5.41 Å². The van der Waals surface area contributed by atoms with Crippen LogP contribution < -0.4 is 0 Å². The van der Waals surface area contributed by atoms with Crippen LogP contribution in [0.2, 0.25) is 0 Å². The second kappa shape index (κ2) is 9.90. The Morgan fingerprint density at radius 2 is 0.979 bits per heavy atom. The summed E-state index contributed by atoms with van der Waals surface area (Å²) in [6, 6.07) is 48.7. The third-order valence-corrected chi connectivity index (χ3v) is 10.0. The molecule has 3 heterocycles. The molecule has 226 valence electrons. The van der Waals surface area contributed by atoms with Gasteiger partial charge in [-0.15, -0.1) is 0 Å². The molecule has 0 bridgehead atoms. The molecule has 0 spiro atoms. The zero-order valence-electron chi connectivity index (χ0n) is 26.5. The summed E-state index contributed by atoms with van der Waals surface area (Å²) < 4.78 is 2.38. The lowest BCUT2D eigenvalue weighted by Gasteiger charge is -2.22. The topological polar surface area (TPSA) is 56.5 Å². The van der Waals surface area contributed by atoms with E-state index >= 15 is 0 Å². The predicted molar refractivity (Wildman–Crippen MR) is 193 cm³/mol. The minimum atomic E-state index is -0.0974. The number of rotatable bonds is 4. The van der Waals surface area contributed by atoms with Crippen molar-refractivity contribution in [2.45, 2.75) is 19.3 Å². The van der Waals surface area contributed by atoms with Gasteiger partial charge < -0.3 is 0 Å². The van der Waals surface area contributed by atoms with Gasteiger partial charge in [0.25, 0.3) is 0 Å². The predicted octanol–water partition coefficient (Wildman–Crippen LogP) is 10.2. The number of benzene rings is 6. The smallest absolute Gasteiger partial charge is 0.164 e. The number of nitrogens with zero attached hydrogens (tertiary/aromatic N) is 5. The third kappa shape index (κ3) is 3.79. The standard InChI is InChI=1S/C43H29N5/c1-43(2)32-18-11-17-31-30-16-9-10-19-35(30)48-38-34(25-24-33(43)37(38)36(31)32)44-42(48)29-22-20-28(21-23-29)41-46-39(26-12-5-3-6-13-26)45-40(47-41)27-14-7-4-8-15-27/h3-25H,1-2H3. The summed E-state index contributed by atoms with van der Waals surface area (Å²) in [5.74, 6) is 2.85. The quantitative estimate of drug-likeness (QED) is 0.198. The molecule has 2 aromatic heterocycles. The summed E-state index contributed by atoms with van der Waals surface area (Å²) in [6.07, 6.45) is 0. The van der Waals surface area contributed by atoms with Crippen LogP contribution in [0.4, 0.5) is 0 Å². The Labute approximate surface area is 278 Å². The Morgan fingerprint density at radius 3 is 1.65 bits per heavy atom. The highest BCUT2D eigenvalue weighted by Gasteiger charge is 2.41. The van der Waals surface area contributed by atoms with Gasteiger partial charge in [0, 0.05) is 38.8 Å². The van der Waals surface area contributed by atoms with Crippen LogP contribution in [0.3, 0.4) is 0 Å². The first-order valence-electron chi connectivity index (χ1n) is 16.3. The van der Waals surface area contributed by atoms with Gasteiger partial charge in [-0.05, 0) is 34.4 Å². The highest BCUT2D eigenvalue weighted by Crippen LogP contribution is 2.57. The van der Waals surface area contributed by atoms with Gasteiger partial charge in [-0.25, -0.2) is 19.9 Å². The molecule has 0 atom stereocenters. The van der Waals surface area contributed by atoms with Crippen LogP contribution in [-0.4, -0.2) is 24.5 Å². The fourth-order valence-corrected chi connectivity index (χ4v) is 7.68. The second-order valence-electron chi connectivity index (χ2n) is 13.1. The summed E-state index contributed by atoms with van der Waals surface area (Å²) in [7, 11) is 0. The van der Waals surface area contributed by atoms with Crippen molar-refractivity contribution < 1.29 is 0 Å². The van der Waals surface area contributed by atoms with Crippen molar-refractivity contribution in [1.82, 2.24) is 24.5 Å². The van der Waals surface area contributed by atoms with E-state index in [9.17, 15) is 0 Å². The van der Waals surface area contributed by atoms with Crippen molar-refractivity contribution >= 4 is 11.0 Å². The monoisotopic (exact) mass is 615 g/mol. The van der Waals surface area contributed by atoms with E-state index in [1.807, 2.05) is 60.7 Å². The van der Waals surface area contributed by atoms with Gasteiger partial charge in [0.2, 0.25) is 0 Å². The molecule has 2 aliphatic rings. The molecule has 0 unspecified atom stereocenters. The maximum absolute atomic E-state index is 5.31. The van der Waals surface area contributed by atoms with Crippen molar-refractivity contribution in [2.24, 2.45) is 0 Å². The zero-order chi connectivity index (χ0) is 32.0. The lowest BCUT2D eigenvalue weighted by atomic mass is 9.81. The molecule has 6 aromatic carbocycles. The van der Waals surface area contributed by atoms with Gasteiger partial charge in [-0.1, -0.05) is 141 Å². The molecule has 1 aliphatic heterocycles. The van der Waals surface area contributed by atoms with Crippen LogP contribution in [0.25, 0.3) is 84.5 Å². The van der Waals surface area contributed by atoms with E-state index in [0.717, 1.165) is 39.3 Å². The summed E-state index contributed by atoms with van der Waals surface area (Å²) >= 11 is 0. The molecule has 5 nitrogen and oxygen atoms in total. The largest absolute Gasteiger partial charge is 0.291 e. The molecular formula is C43H29N5. The van der Waals surface area contributed by atoms with Gasteiger partial charge in [0.15, 0.2) is 17.5 Å². The third-order valence-electron chi connectivity index (χ3n) is 10.0. The lowest BCUT2D eigenvalue weighted by Crippen LogP contribution is -2.15. The Balaban J connectivity index is 1.16. The number of imidazole rings is 1. The normalized spacial score (nSPS) is 13.4. The highest BCUT2D eigenvalue weighted by molar-refractivity contribution is 6.08. The summed E-state index contributed by atoms with van der Waals surface area (Å²) in [5.41, 5.74) is 15.0. The molecule has 48 heavy (non-hydrogen) atoms. The van der Waals surface area contributed by atoms with E-state index in [4.69, 9.17) is 19.9 Å². The lowest BCUT2D eigenvalue weighted by molar-refractivity contribution is 0.661. The van der Waals surface area contributed by atoms with Gasteiger partial charge in [-0.2, -0.15) is 0 Å². The summed E-state index contributed by atoms with van der Waals surface area (Å²) in [6.45, 7) is 4.68. The number of aromatic nitrogens is 5. The van der Waals surface area contributed by atoms with E-state index in [1.54, 1.807) is 0 Å². The first-order chi connectivity index (χ1) is 23.6. The number of para-hydroxylation sites is 1. The van der Waals surface area contributed by atoms with E-state index in [-0.39, 0.29) is 5.41 Å². The minimum absolute atomic E-state index is 0.0974. The molecule has 0 fully saturated rings. The van der Waals surface area contributed by atoms with E-state index < -0.39 is 0 Å². The molecule has 0 N–H and O–H groups in total. The first-order valence-corrected chi connectivity index (χ1v) is 16.3. The van der Waals surface area contributed by atoms with Crippen LogP contribution in [0, 0.1) is 0 Å². The average Bonchev–Trinajstić information content (AvgIpc) is 3.60. The summed E-state index contributed by atoms with van der Waals surface area (Å²) in [5, 5.41) is 0. The van der Waals surface area contributed by atoms with E-state index in [2.05, 4.69) is 97.3 Å². The number of hydrogen-bond acceptors (Lipinski definition) is 4. The molecule has 8 aromatic rings. The molecule has 0 saturated heterocycles. The Bertz CT molecular complexity index is 2510. The summed E-state index contributed by atoms with van der Waals surface area (Å²) in [4.78, 5) is 20.1. The van der Waals surface area contributed by atoms with Crippen LogP contribution >= 0.6 is 0 Å². The van der Waals surface area contributed by atoms with Gasteiger partial charge in [-0.3, -0.25) is 4.57 Å². The highest BCUT2D eigenvalue weighted by atomic mass is 15.1. The molecule has 5 heteroatoms. The number of hydrogen-bond donors (Lipinski definition) is 0. The fourth-order valence-electron chi connectivity index (χ4n) is 7.68. The van der Waals surface area contributed by atoms with Crippen molar-refractivity contribution in [3.8, 4) is 73.5 Å². The minimum Gasteiger partial charge on any atom is -0.291 e. The van der Waals surface area contributed by atoms with Gasteiger partial charge in [0.05, 0.1) is 16.7 Å². The molecule has 0 amide bonds. The van der Waals surface area contributed by atoms with Crippen LogP contribution in [0.15, 0.2) is 140 Å². The Hall–Kier alpha value is -6.20. The van der Waals surface area contributed by atoms with Crippen molar-refractivity contribution in [2.75, 3.05) is 0 Å². The van der Waals surface area contributed by atoms with Crippen LogP contribution in [0.1, 0.15) is 25.0 Å².